The first-order valence-electron chi connectivity index (χ1n) is 9.55. The Bertz CT molecular complexity index is 1260. The lowest BCUT2D eigenvalue weighted by Crippen LogP contribution is -2.30. The maximum absolute atomic E-state index is 12.6. The molecule has 1 aromatic heterocycles. The number of rotatable bonds is 6. The van der Waals surface area contributed by atoms with E-state index in [1.165, 1.54) is 33.2 Å². The van der Waals surface area contributed by atoms with Crippen LogP contribution in [0.5, 0.6) is 0 Å². The zero-order valence-electron chi connectivity index (χ0n) is 17.9. The Labute approximate surface area is 180 Å². The van der Waals surface area contributed by atoms with Gasteiger partial charge in [0.2, 0.25) is 15.8 Å². The average molecular weight is 445 g/mol. The van der Waals surface area contributed by atoms with E-state index in [1.807, 2.05) is 12.1 Å². The van der Waals surface area contributed by atoms with Crippen LogP contribution in [0.1, 0.15) is 28.6 Å². The highest BCUT2D eigenvalue weighted by atomic mass is 32.2. The average Bonchev–Trinajstić information content (AvgIpc) is 3.06. The monoisotopic (exact) mass is 444 g/mol. The third kappa shape index (κ3) is 4.47. The molecule has 0 saturated heterocycles. The minimum atomic E-state index is -3.66. The number of para-hydroxylation sites is 1. The van der Waals surface area contributed by atoms with Gasteiger partial charge in [-0.1, -0.05) is 24.3 Å². The smallest absolute Gasteiger partial charge is 0.375 e. The third-order valence-electron chi connectivity index (χ3n) is 4.93. The third-order valence-corrected chi connectivity index (χ3v) is 6.74. The Morgan fingerprint density at radius 1 is 1.10 bits per heavy atom. The maximum Gasteiger partial charge on any atom is 0.375 e. The van der Waals surface area contributed by atoms with Crippen molar-refractivity contribution in [2.24, 2.45) is 0 Å². The van der Waals surface area contributed by atoms with E-state index >= 15 is 0 Å². The van der Waals surface area contributed by atoms with Gasteiger partial charge in [-0.3, -0.25) is 4.79 Å². The number of hydrogen-bond acceptors (Lipinski definition) is 6. The summed E-state index contributed by atoms with van der Waals surface area (Å²) in [5.74, 6) is -1.31. The van der Waals surface area contributed by atoms with Crippen molar-refractivity contribution >= 4 is 38.6 Å². The van der Waals surface area contributed by atoms with Crippen molar-refractivity contribution in [2.45, 2.75) is 31.8 Å². The fourth-order valence-corrected chi connectivity index (χ4v) is 3.91. The van der Waals surface area contributed by atoms with Crippen LogP contribution in [0.2, 0.25) is 0 Å². The number of anilines is 1. The summed E-state index contributed by atoms with van der Waals surface area (Å²) in [5, 5.41) is 3.42. The molecule has 1 N–H and O–H groups in total. The molecule has 2 aromatic carbocycles. The first-order chi connectivity index (χ1) is 14.5. The van der Waals surface area contributed by atoms with E-state index in [2.05, 4.69) is 5.32 Å². The summed E-state index contributed by atoms with van der Waals surface area (Å²) in [7, 11) is -0.809. The van der Waals surface area contributed by atoms with Crippen molar-refractivity contribution in [3.63, 3.8) is 0 Å². The van der Waals surface area contributed by atoms with Crippen LogP contribution < -0.4 is 5.32 Å². The van der Waals surface area contributed by atoms with Crippen LogP contribution in [0, 0.1) is 13.8 Å². The molecular weight excluding hydrogens is 420 g/mol. The molecule has 1 heterocycles. The lowest BCUT2D eigenvalue weighted by molar-refractivity contribution is -0.123. The van der Waals surface area contributed by atoms with Gasteiger partial charge in [0.25, 0.3) is 5.91 Å². The first-order valence-corrected chi connectivity index (χ1v) is 11.0. The normalized spacial score (nSPS) is 12.7. The van der Waals surface area contributed by atoms with E-state index in [9.17, 15) is 18.0 Å². The van der Waals surface area contributed by atoms with Crippen LogP contribution in [0.15, 0.2) is 51.8 Å². The van der Waals surface area contributed by atoms with E-state index in [-0.39, 0.29) is 10.7 Å². The molecule has 0 saturated carbocycles. The summed E-state index contributed by atoms with van der Waals surface area (Å²) in [5.41, 5.74) is 2.16. The Hall–Kier alpha value is -3.17. The number of hydrogen-bond donors (Lipinski definition) is 1. The van der Waals surface area contributed by atoms with Crippen LogP contribution in [0.25, 0.3) is 11.0 Å². The van der Waals surface area contributed by atoms with Crippen LogP contribution in [-0.2, 0) is 19.6 Å². The molecule has 0 radical (unpaired) electrons. The summed E-state index contributed by atoms with van der Waals surface area (Å²) < 4.78 is 36.7. The Morgan fingerprint density at radius 3 is 2.42 bits per heavy atom. The molecule has 3 aromatic rings. The molecule has 8 nitrogen and oxygen atoms in total. The molecule has 0 fully saturated rings. The van der Waals surface area contributed by atoms with Crippen molar-refractivity contribution in [3.05, 3.63) is 59.4 Å². The van der Waals surface area contributed by atoms with Crippen LogP contribution in [0.3, 0.4) is 0 Å². The van der Waals surface area contributed by atoms with E-state index in [1.54, 1.807) is 32.0 Å². The van der Waals surface area contributed by atoms with Crippen molar-refractivity contribution in [3.8, 4) is 0 Å². The van der Waals surface area contributed by atoms with Crippen molar-refractivity contribution in [1.82, 2.24) is 4.31 Å². The Morgan fingerprint density at radius 2 is 1.77 bits per heavy atom. The molecule has 0 spiro atoms. The number of amides is 1. The van der Waals surface area contributed by atoms with Gasteiger partial charge in [0, 0.05) is 30.7 Å². The number of esters is 1. The second-order valence-corrected chi connectivity index (χ2v) is 9.51. The van der Waals surface area contributed by atoms with E-state index < -0.39 is 28.0 Å². The number of sulfonamides is 1. The fraction of sp³-hybridized carbons (Fsp3) is 0.273. The van der Waals surface area contributed by atoms with Gasteiger partial charge in [-0.05, 0) is 44.5 Å². The number of ether oxygens (including phenoxy) is 1. The lowest BCUT2D eigenvalue weighted by atomic mass is 10.1. The topological polar surface area (TPSA) is 106 Å². The molecule has 0 aliphatic heterocycles. The Balaban J connectivity index is 1.76. The highest BCUT2D eigenvalue weighted by molar-refractivity contribution is 7.89. The zero-order chi connectivity index (χ0) is 22.9. The molecule has 0 bridgehead atoms. The van der Waals surface area contributed by atoms with Gasteiger partial charge in [0.15, 0.2) is 6.10 Å². The predicted molar refractivity (Wildman–Crippen MR) is 117 cm³/mol. The molecule has 0 aliphatic carbocycles. The molecule has 1 amide bonds. The van der Waals surface area contributed by atoms with E-state index in [0.717, 1.165) is 9.69 Å². The number of benzene rings is 2. The molecule has 1 unspecified atom stereocenters. The SMILES string of the molecule is Cc1ccc(S(=O)(=O)N(C)C)cc1NC(=O)C(C)OC(=O)c1oc2ccccc2c1C. The second kappa shape index (κ2) is 8.52. The second-order valence-electron chi connectivity index (χ2n) is 7.35. The van der Waals surface area contributed by atoms with Crippen molar-refractivity contribution < 1.29 is 27.2 Å². The largest absolute Gasteiger partial charge is 0.449 e. The predicted octanol–water partition coefficient (Wildman–Crippen LogP) is 3.48. The number of furan rings is 1. The minimum Gasteiger partial charge on any atom is -0.449 e. The van der Waals surface area contributed by atoms with Crippen LogP contribution in [0.4, 0.5) is 5.69 Å². The molecule has 9 heteroatoms. The van der Waals surface area contributed by atoms with Gasteiger partial charge in [0.1, 0.15) is 5.58 Å². The number of carbonyl (C=O) groups excluding carboxylic acids is 2. The van der Waals surface area contributed by atoms with Gasteiger partial charge in [0.05, 0.1) is 4.90 Å². The van der Waals surface area contributed by atoms with Gasteiger partial charge < -0.3 is 14.5 Å². The molecule has 3 rings (SSSR count). The first kappa shape index (κ1) is 22.5. The minimum absolute atomic E-state index is 0.0381. The maximum atomic E-state index is 12.6. The van der Waals surface area contributed by atoms with Crippen LogP contribution >= 0.6 is 0 Å². The lowest BCUT2D eigenvalue weighted by Gasteiger charge is -2.16. The zero-order valence-corrected chi connectivity index (χ0v) is 18.7. The standard InChI is InChI=1S/C22H24N2O6S/c1-13-10-11-16(31(27,28)24(4)5)12-18(13)23-21(25)15(3)29-22(26)20-14(2)17-8-6-7-9-19(17)30-20/h6-12,15H,1-5H3,(H,23,25). The summed E-state index contributed by atoms with van der Waals surface area (Å²) in [4.78, 5) is 25.2. The number of fused-ring (bicyclic) bond motifs is 1. The highest BCUT2D eigenvalue weighted by Crippen LogP contribution is 2.26. The summed E-state index contributed by atoms with van der Waals surface area (Å²) in [6.45, 7) is 4.91. The van der Waals surface area contributed by atoms with E-state index in [4.69, 9.17) is 9.15 Å². The molecule has 0 aliphatic rings. The van der Waals surface area contributed by atoms with Crippen LogP contribution in [-0.4, -0.2) is 44.8 Å². The van der Waals surface area contributed by atoms with Gasteiger partial charge in [-0.25, -0.2) is 17.5 Å². The number of aryl methyl sites for hydroxylation is 2. The van der Waals surface area contributed by atoms with Crippen molar-refractivity contribution in [1.29, 1.82) is 0 Å². The van der Waals surface area contributed by atoms with Gasteiger partial charge >= 0.3 is 5.97 Å². The van der Waals surface area contributed by atoms with E-state index in [0.29, 0.717) is 22.4 Å². The summed E-state index contributed by atoms with van der Waals surface area (Å²) in [6, 6.07) is 11.6. The van der Waals surface area contributed by atoms with Gasteiger partial charge in [-0.2, -0.15) is 0 Å². The summed E-state index contributed by atoms with van der Waals surface area (Å²) >= 11 is 0. The number of nitrogens with one attached hydrogen (secondary N) is 1. The number of carbonyl (C=O) groups is 2. The molecule has 31 heavy (non-hydrogen) atoms. The Kier molecular flexibility index (Phi) is 6.19. The van der Waals surface area contributed by atoms with Gasteiger partial charge in [-0.15, -0.1) is 0 Å². The molecule has 1 atom stereocenters. The summed E-state index contributed by atoms with van der Waals surface area (Å²) in [6.07, 6.45) is -1.13. The quantitative estimate of drug-likeness (QED) is 0.584. The fourth-order valence-electron chi connectivity index (χ4n) is 2.98. The highest BCUT2D eigenvalue weighted by Gasteiger charge is 2.25. The number of nitrogens with zero attached hydrogens (tertiary/aromatic N) is 1. The molecular formula is C22H24N2O6S. The van der Waals surface area contributed by atoms with Crippen molar-refractivity contribution in [2.75, 3.05) is 19.4 Å². The molecule has 164 valence electrons.